The maximum atomic E-state index is 10.0. The van der Waals surface area contributed by atoms with Gasteiger partial charge in [0.2, 0.25) is 0 Å². The Morgan fingerprint density at radius 3 is 2.39 bits per heavy atom. The molecule has 3 nitrogen and oxygen atoms in total. The second kappa shape index (κ2) is 9.77. The molecule has 3 aliphatic heterocycles. The van der Waals surface area contributed by atoms with E-state index < -0.39 is 0 Å². The smallest absolute Gasteiger partial charge is 0.105 e. The SMILES string of the molecule is CCCCCCN1CC[C@H]2[C@H]3C=C(C)[C@H](N(CCCCCC)[C@@H]3C#N)[C@@]2(C)C1. The third-order valence-electron chi connectivity index (χ3n) is 7.93. The van der Waals surface area contributed by atoms with Crippen LogP contribution in [0.25, 0.3) is 0 Å². The first kappa shape index (κ1) is 21.8. The minimum atomic E-state index is 0.101. The number of likely N-dealkylation sites (tertiary alicyclic amines) is 1. The number of unbranched alkanes of at least 4 members (excludes halogenated alkanes) is 6. The van der Waals surface area contributed by atoms with Crippen LogP contribution in [0.2, 0.25) is 0 Å². The highest BCUT2D eigenvalue weighted by atomic mass is 15.3. The molecular formula is C25H43N3. The number of nitrogens with zero attached hydrogens (tertiary/aromatic N) is 3. The van der Waals surface area contributed by atoms with Gasteiger partial charge in [-0.25, -0.2) is 0 Å². The molecule has 5 atom stereocenters. The van der Waals surface area contributed by atoms with Gasteiger partial charge in [0.05, 0.1) is 6.07 Å². The van der Waals surface area contributed by atoms with Gasteiger partial charge in [-0.1, -0.05) is 70.9 Å². The van der Waals surface area contributed by atoms with Crippen molar-refractivity contribution in [3.05, 3.63) is 11.6 Å². The predicted octanol–water partition coefficient (Wildman–Crippen LogP) is 5.63. The summed E-state index contributed by atoms with van der Waals surface area (Å²) in [5, 5.41) is 10.0. The Balaban J connectivity index is 1.73. The number of hydrogen-bond donors (Lipinski definition) is 0. The Bertz CT molecular complexity index is 577. The van der Waals surface area contributed by atoms with Crippen LogP contribution in [0, 0.1) is 28.6 Å². The molecule has 1 aliphatic carbocycles. The summed E-state index contributed by atoms with van der Waals surface area (Å²) in [5.41, 5.74) is 1.85. The molecule has 0 N–H and O–H groups in total. The van der Waals surface area contributed by atoms with E-state index in [1.165, 1.54) is 77.4 Å². The van der Waals surface area contributed by atoms with E-state index in [-0.39, 0.29) is 6.04 Å². The van der Waals surface area contributed by atoms with E-state index in [0.717, 1.165) is 6.54 Å². The molecule has 4 aliphatic rings. The molecule has 0 spiro atoms. The minimum absolute atomic E-state index is 0.101. The summed E-state index contributed by atoms with van der Waals surface area (Å²) in [7, 11) is 0. The number of rotatable bonds is 10. The van der Waals surface area contributed by atoms with Crippen molar-refractivity contribution in [1.29, 1.82) is 5.26 Å². The fraction of sp³-hybridized carbons (Fsp3) is 0.880. The van der Waals surface area contributed by atoms with E-state index in [4.69, 9.17) is 0 Å². The van der Waals surface area contributed by atoms with Gasteiger partial charge >= 0.3 is 0 Å². The van der Waals surface area contributed by atoms with Gasteiger partial charge in [-0.2, -0.15) is 5.26 Å². The molecule has 0 unspecified atom stereocenters. The van der Waals surface area contributed by atoms with Crippen LogP contribution in [-0.2, 0) is 0 Å². The van der Waals surface area contributed by atoms with Crippen LogP contribution in [0.1, 0.15) is 85.5 Å². The van der Waals surface area contributed by atoms with Crippen LogP contribution in [0.3, 0.4) is 0 Å². The van der Waals surface area contributed by atoms with E-state index in [1.807, 2.05) is 0 Å². The lowest BCUT2D eigenvalue weighted by Gasteiger charge is -2.64. The van der Waals surface area contributed by atoms with E-state index in [0.29, 0.717) is 23.3 Å². The first-order chi connectivity index (χ1) is 13.6. The Morgan fingerprint density at radius 2 is 1.75 bits per heavy atom. The lowest BCUT2D eigenvalue weighted by atomic mass is 9.53. The topological polar surface area (TPSA) is 30.3 Å². The number of hydrogen-bond acceptors (Lipinski definition) is 3. The molecule has 0 radical (unpaired) electrons. The molecule has 3 heterocycles. The summed E-state index contributed by atoms with van der Waals surface area (Å²) in [6.07, 6.45) is 14.3. The largest absolute Gasteiger partial charge is 0.303 e. The van der Waals surface area contributed by atoms with Gasteiger partial charge in [0.1, 0.15) is 6.04 Å². The lowest BCUT2D eigenvalue weighted by molar-refractivity contribution is -0.110. The maximum Gasteiger partial charge on any atom is 0.105 e. The van der Waals surface area contributed by atoms with Gasteiger partial charge < -0.3 is 4.90 Å². The summed E-state index contributed by atoms with van der Waals surface area (Å²) in [5.74, 6) is 1.12. The monoisotopic (exact) mass is 385 g/mol. The van der Waals surface area contributed by atoms with Crippen LogP contribution < -0.4 is 0 Å². The molecule has 3 heteroatoms. The van der Waals surface area contributed by atoms with Gasteiger partial charge in [0, 0.05) is 30.5 Å². The van der Waals surface area contributed by atoms with Crippen molar-refractivity contribution in [2.45, 2.75) is 97.6 Å². The first-order valence-corrected chi connectivity index (χ1v) is 12.1. The average molecular weight is 386 g/mol. The number of piperidine rings is 2. The molecule has 0 aromatic rings. The van der Waals surface area contributed by atoms with Crippen molar-refractivity contribution in [3.8, 4) is 6.07 Å². The highest BCUT2D eigenvalue weighted by Gasteiger charge is 2.59. The van der Waals surface area contributed by atoms with Crippen LogP contribution in [0.15, 0.2) is 11.6 Å². The summed E-state index contributed by atoms with van der Waals surface area (Å²) in [6, 6.07) is 3.29. The van der Waals surface area contributed by atoms with Crippen LogP contribution in [0.5, 0.6) is 0 Å². The highest BCUT2D eigenvalue weighted by molar-refractivity contribution is 5.32. The molecule has 0 saturated carbocycles. The summed E-state index contributed by atoms with van der Waals surface area (Å²) in [4.78, 5) is 5.36. The van der Waals surface area contributed by atoms with Crippen LogP contribution in [-0.4, -0.2) is 48.1 Å². The maximum absolute atomic E-state index is 10.0. The summed E-state index contributed by atoms with van der Waals surface area (Å²) in [6.45, 7) is 14.3. The summed E-state index contributed by atoms with van der Waals surface area (Å²) < 4.78 is 0. The van der Waals surface area contributed by atoms with Crippen LogP contribution in [0.4, 0.5) is 0 Å². The van der Waals surface area contributed by atoms with E-state index in [1.54, 1.807) is 5.57 Å². The van der Waals surface area contributed by atoms with Gasteiger partial charge in [-0.15, -0.1) is 0 Å². The van der Waals surface area contributed by atoms with Crippen molar-refractivity contribution in [3.63, 3.8) is 0 Å². The van der Waals surface area contributed by atoms with Crippen molar-refractivity contribution in [1.82, 2.24) is 9.80 Å². The molecule has 28 heavy (non-hydrogen) atoms. The molecule has 0 amide bonds. The lowest BCUT2D eigenvalue weighted by Crippen LogP contribution is -2.70. The van der Waals surface area contributed by atoms with Gasteiger partial charge in [-0.05, 0) is 45.2 Å². The predicted molar refractivity (Wildman–Crippen MR) is 118 cm³/mol. The standard InChI is InChI=1S/C25H43N3/c1-5-7-9-11-14-27-16-13-22-21-17-20(3)24(25(22,4)19-27)28(23(21)18-26)15-12-10-8-6-2/h17,21-24H,5-16,19H2,1-4H3/t21-,22+,23-,24+,25+/m1/s1. The normalized spacial score (nSPS) is 35.5. The molecule has 2 saturated heterocycles. The molecular weight excluding hydrogens is 342 g/mol. The first-order valence-electron chi connectivity index (χ1n) is 12.1. The van der Waals surface area contributed by atoms with Crippen molar-refractivity contribution < 1.29 is 0 Å². The van der Waals surface area contributed by atoms with Gasteiger partial charge in [0.15, 0.2) is 0 Å². The quantitative estimate of drug-likeness (QED) is 0.361. The highest BCUT2D eigenvalue weighted by Crippen LogP contribution is 2.56. The summed E-state index contributed by atoms with van der Waals surface area (Å²) >= 11 is 0. The van der Waals surface area contributed by atoms with Crippen molar-refractivity contribution in [2.24, 2.45) is 17.3 Å². The Labute approximate surface area is 174 Å². The zero-order valence-corrected chi connectivity index (χ0v) is 18.9. The minimum Gasteiger partial charge on any atom is -0.303 e. The van der Waals surface area contributed by atoms with Crippen molar-refractivity contribution in [2.75, 3.05) is 26.2 Å². The molecule has 4 rings (SSSR count). The third kappa shape index (κ3) is 4.19. The second-order valence-electron chi connectivity index (χ2n) is 10.0. The Morgan fingerprint density at radius 1 is 1.07 bits per heavy atom. The Hall–Kier alpha value is -0.850. The second-order valence-corrected chi connectivity index (χ2v) is 10.0. The van der Waals surface area contributed by atoms with E-state index in [9.17, 15) is 5.26 Å². The zero-order chi connectivity index (χ0) is 20.1. The van der Waals surface area contributed by atoms with Crippen LogP contribution >= 0.6 is 0 Å². The number of fused-ring (bicyclic) bond motifs is 1. The fourth-order valence-corrected chi connectivity index (χ4v) is 6.72. The molecule has 2 bridgehead atoms. The molecule has 0 aromatic carbocycles. The van der Waals surface area contributed by atoms with Gasteiger partial charge in [-0.3, -0.25) is 4.90 Å². The third-order valence-corrected chi connectivity index (χ3v) is 7.93. The zero-order valence-electron chi connectivity index (χ0n) is 18.9. The van der Waals surface area contributed by atoms with E-state index in [2.05, 4.69) is 49.6 Å². The number of nitriles is 1. The fourth-order valence-electron chi connectivity index (χ4n) is 6.72. The molecule has 0 aromatic heterocycles. The van der Waals surface area contributed by atoms with Gasteiger partial charge in [0.25, 0.3) is 0 Å². The average Bonchev–Trinajstić information content (AvgIpc) is 2.68. The molecule has 158 valence electrons. The molecule has 2 fully saturated rings. The van der Waals surface area contributed by atoms with E-state index >= 15 is 0 Å². The van der Waals surface area contributed by atoms with Crippen molar-refractivity contribution >= 4 is 0 Å². The Kier molecular flexibility index (Phi) is 7.62.